The number of carbonyl (C=O) groups is 2. The maximum Gasteiger partial charge on any atom is 0.326 e. The number of nitrogens with zero attached hydrogens (tertiary/aromatic N) is 2. The second-order valence-electron chi connectivity index (χ2n) is 6.22. The third-order valence-electron chi connectivity index (χ3n) is 4.18. The minimum Gasteiger partial charge on any atom is -0.480 e. The van der Waals surface area contributed by atoms with E-state index in [2.05, 4.69) is 17.2 Å². The zero-order chi connectivity index (χ0) is 18.9. The third-order valence-corrected chi connectivity index (χ3v) is 4.18. The highest BCUT2D eigenvalue weighted by Crippen LogP contribution is 2.18. The van der Waals surface area contributed by atoms with Gasteiger partial charge in [-0.2, -0.15) is 0 Å². The number of unbranched alkanes of at least 4 members (excludes halogenated alkanes) is 3. The van der Waals surface area contributed by atoms with Gasteiger partial charge in [-0.15, -0.1) is 0 Å². The Morgan fingerprint density at radius 3 is 2.77 bits per heavy atom. The van der Waals surface area contributed by atoms with Gasteiger partial charge in [0, 0.05) is 11.9 Å². The minimum atomic E-state index is -0.929. The number of hydrogen-bond donors (Lipinski definition) is 3. The van der Waals surface area contributed by atoms with Crippen LogP contribution in [-0.4, -0.2) is 31.6 Å². The SMILES string of the molecule is CCCCCCC(C(=O)O)n1cnc(C(=O)Nc2cccc(CO)c2)c1. The average molecular weight is 359 g/mol. The first kappa shape index (κ1) is 19.7. The highest BCUT2D eigenvalue weighted by Gasteiger charge is 2.21. The second-order valence-corrected chi connectivity index (χ2v) is 6.22. The zero-order valence-corrected chi connectivity index (χ0v) is 14.9. The van der Waals surface area contributed by atoms with E-state index in [1.807, 2.05) is 0 Å². The predicted octanol–water partition coefficient (Wildman–Crippen LogP) is 3.22. The van der Waals surface area contributed by atoms with Crippen molar-refractivity contribution in [2.24, 2.45) is 0 Å². The van der Waals surface area contributed by atoms with Crippen molar-refractivity contribution >= 4 is 17.6 Å². The first-order valence-corrected chi connectivity index (χ1v) is 8.82. The standard InChI is InChI=1S/C19H25N3O4/c1-2-3-4-5-9-17(19(25)26)22-11-16(20-13-22)18(24)21-15-8-6-7-14(10-15)12-23/h6-8,10-11,13,17,23H,2-5,9,12H2,1H3,(H,21,24)(H,25,26). The molecular formula is C19H25N3O4. The second kappa shape index (κ2) is 9.72. The summed E-state index contributed by atoms with van der Waals surface area (Å²) in [5, 5.41) is 21.3. The van der Waals surface area contributed by atoms with E-state index in [-0.39, 0.29) is 12.3 Å². The van der Waals surface area contributed by atoms with Crippen LogP contribution in [0.25, 0.3) is 0 Å². The number of aromatic nitrogens is 2. The van der Waals surface area contributed by atoms with Crippen molar-refractivity contribution in [3.8, 4) is 0 Å². The Bertz CT molecular complexity index is 742. The summed E-state index contributed by atoms with van der Waals surface area (Å²) in [6.45, 7) is 1.99. The molecule has 2 rings (SSSR count). The minimum absolute atomic E-state index is 0.114. The molecule has 0 bridgehead atoms. The number of carboxylic acid groups (broad SMARTS) is 1. The normalized spacial score (nSPS) is 11.9. The molecule has 0 aliphatic rings. The number of aliphatic hydroxyl groups is 1. The Morgan fingerprint density at radius 2 is 2.08 bits per heavy atom. The summed E-state index contributed by atoms with van der Waals surface area (Å²) < 4.78 is 1.48. The van der Waals surface area contributed by atoms with E-state index in [1.54, 1.807) is 24.3 Å². The van der Waals surface area contributed by atoms with Gasteiger partial charge < -0.3 is 20.1 Å². The molecule has 1 heterocycles. The van der Waals surface area contributed by atoms with Crippen LogP contribution in [0.15, 0.2) is 36.8 Å². The summed E-state index contributed by atoms with van der Waals surface area (Å²) in [5.74, 6) is -1.35. The van der Waals surface area contributed by atoms with Gasteiger partial charge in [-0.05, 0) is 24.1 Å². The number of hydrogen-bond acceptors (Lipinski definition) is 4. The van der Waals surface area contributed by atoms with Gasteiger partial charge in [0.1, 0.15) is 11.7 Å². The van der Waals surface area contributed by atoms with Crippen molar-refractivity contribution in [3.63, 3.8) is 0 Å². The van der Waals surface area contributed by atoms with E-state index >= 15 is 0 Å². The van der Waals surface area contributed by atoms with Gasteiger partial charge >= 0.3 is 5.97 Å². The molecule has 0 aliphatic carbocycles. The highest BCUT2D eigenvalue weighted by atomic mass is 16.4. The van der Waals surface area contributed by atoms with Gasteiger partial charge in [0.2, 0.25) is 0 Å². The summed E-state index contributed by atoms with van der Waals surface area (Å²) in [5.41, 5.74) is 1.39. The number of aliphatic hydroxyl groups excluding tert-OH is 1. The predicted molar refractivity (Wildman–Crippen MR) is 98.0 cm³/mol. The lowest BCUT2D eigenvalue weighted by atomic mass is 10.1. The average Bonchev–Trinajstić information content (AvgIpc) is 3.11. The maximum atomic E-state index is 12.3. The van der Waals surface area contributed by atoms with Crippen molar-refractivity contribution in [2.45, 2.75) is 51.7 Å². The number of imidazole rings is 1. The van der Waals surface area contributed by atoms with Crippen LogP contribution in [0.4, 0.5) is 5.69 Å². The van der Waals surface area contributed by atoms with E-state index in [0.717, 1.165) is 25.7 Å². The van der Waals surface area contributed by atoms with Gasteiger partial charge in [-0.1, -0.05) is 44.7 Å². The van der Waals surface area contributed by atoms with Crippen molar-refractivity contribution in [2.75, 3.05) is 5.32 Å². The van der Waals surface area contributed by atoms with Gasteiger partial charge in [0.05, 0.1) is 12.9 Å². The van der Waals surface area contributed by atoms with Gasteiger partial charge in [-0.3, -0.25) is 4.79 Å². The van der Waals surface area contributed by atoms with E-state index < -0.39 is 17.9 Å². The lowest BCUT2D eigenvalue weighted by molar-refractivity contribution is -0.141. The van der Waals surface area contributed by atoms with Crippen LogP contribution in [0.3, 0.4) is 0 Å². The molecule has 26 heavy (non-hydrogen) atoms. The van der Waals surface area contributed by atoms with Crippen LogP contribution in [-0.2, 0) is 11.4 Å². The van der Waals surface area contributed by atoms with Crippen LogP contribution < -0.4 is 5.32 Å². The molecule has 1 atom stereocenters. The maximum absolute atomic E-state index is 12.3. The Labute approximate surface area is 152 Å². The molecule has 0 saturated heterocycles. The number of amides is 1. The van der Waals surface area contributed by atoms with Crippen molar-refractivity contribution in [3.05, 3.63) is 48.0 Å². The van der Waals surface area contributed by atoms with E-state index in [0.29, 0.717) is 17.7 Å². The quantitative estimate of drug-likeness (QED) is 0.565. The number of carboxylic acids is 1. The molecule has 1 amide bonds. The molecule has 0 radical (unpaired) electrons. The van der Waals surface area contributed by atoms with Crippen molar-refractivity contribution < 1.29 is 19.8 Å². The molecule has 3 N–H and O–H groups in total. The first-order chi connectivity index (χ1) is 12.5. The summed E-state index contributed by atoms with van der Waals surface area (Å²) in [6, 6.07) is 6.14. The van der Waals surface area contributed by atoms with Crippen LogP contribution in [0.2, 0.25) is 0 Å². The molecule has 1 aromatic heterocycles. The van der Waals surface area contributed by atoms with Gasteiger partial charge in [-0.25, -0.2) is 9.78 Å². The van der Waals surface area contributed by atoms with E-state index in [9.17, 15) is 14.7 Å². The molecular weight excluding hydrogens is 334 g/mol. The lowest BCUT2D eigenvalue weighted by Gasteiger charge is -2.13. The number of anilines is 1. The molecule has 1 aromatic carbocycles. The lowest BCUT2D eigenvalue weighted by Crippen LogP contribution is -2.18. The molecule has 0 aliphatic heterocycles. The monoisotopic (exact) mass is 359 g/mol. The van der Waals surface area contributed by atoms with Crippen molar-refractivity contribution in [1.29, 1.82) is 0 Å². The number of benzene rings is 1. The van der Waals surface area contributed by atoms with E-state index in [4.69, 9.17) is 5.11 Å². The highest BCUT2D eigenvalue weighted by molar-refractivity contribution is 6.02. The topological polar surface area (TPSA) is 104 Å². The molecule has 140 valence electrons. The smallest absolute Gasteiger partial charge is 0.326 e. The molecule has 0 spiro atoms. The molecule has 7 nitrogen and oxygen atoms in total. The molecule has 1 unspecified atom stereocenters. The number of carbonyl (C=O) groups excluding carboxylic acids is 1. The fourth-order valence-electron chi connectivity index (χ4n) is 2.73. The first-order valence-electron chi connectivity index (χ1n) is 8.82. The fraction of sp³-hybridized carbons (Fsp3) is 0.421. The zero-order valence-electron chi connectivity index (χ0n) is 14.9. The Kier molecular flexibility index (Phi) is 7.35. The van der Waals surface area contributed by atoms with Crippen LogP contribution >= 0.6 is 0 Å². The summed E-state index contributed by atoms with van der Waals surface area (Å²) >= 11 is 0. The largest absolute Gasteiger partial charge is 0.480 e. The fourth-order valence-corrected chi connectivity index (χ4v) is 2.73. The molecule has 7 heteroatoms. The summed E-state index contributed by atoms with van der Waals surface area (Å²) in [4.78, 5) is 27.9. The Balaban J connectivity index is 2.03. The van der Waals surface area contributed by atoms with Crippen LogP contribution in [0, 0.1) is 0 Å². The Morgan fingerprint density at radius 1 is 1.27 bits per heavy atom. The summed E-state index contributed by atoms with van der Waals surface area (Å²) in [6.07, 6.45) is 7.33. The van der Waals surface area contributed by atoms with Crippen LogP contribution in [0.1, 0.15) is 61.1 Å². The molecule has 0 saturated carbocycles. The van der Waals surface area contributed by atoms with Gasteiger partial charge in [0.25, 0.3) is 5.91 Å². The van der Waals surface area contributed by atoms with Crippen LogP contribution in [0.5, 0.6) is 0 Å². The Hall–Kier alpha value is -2.67. The molecule has 2 aromatic rings. The van der Waals surface area contributed by atoms with Gasteiger partial charge in [0.15, 0.2) is 0 Å². The number of nitrogens with one attached hydrogen (secondary N) is 1. The summed E-state index contributed by atoms with van der Waals surface area (Å²) in [7, 11) is 0. The van der Waals surface area contributed by atoms with E-state index in [1.165, 1.54) is 17.1 Å². The molecule has 0 fully saturated rings. The number of rotatable bonds is 10. The third kappa shape index (κ3) is 5.42. The number of aliphatic carboxylic acids is 1. The van der Waals surface area contributed by atoms with Crippen molar-refractivity contribution in [1.82, 2.24) is 9.55 Å².